The van der Waals surface area contributed by atoms with Crippen molar-refractivity contribution in [1.29, 1.82) is 0 Å². The normalized spacial score (nSPS) is 28.5. The van der Waals surface area contributed by atoms with Crippen LogP contribution in [0.5, 0.6) is 0 Å². The molecule has 0 bridgehead atoms. The van der Waals surface area contributed by atoms with Gasteiger partial charge >= 0.3 is 0 Å². The van der Waals surface area contributed by atoms with Crippen LogP contribution < -0.4 is 5.73 Å². The summed E-state index contributed by atoms with van der Waals surface area (Å²) in [5, 5.41) is 0. The second-order valence-electron chi connectivity index (χ2n) is 6.22. The van der Waals surface area contributed by atoms with Gasteiger partial charge in [-0.25, -0.2) is 0 Å². The van der Waals surface area contributed by atoms with Gasteiger partial charge in [0.1, 0.15) is 0 Å². The van der Waals surface area contributed by atoms with Crippen molar-refractivity contribution in [2.75, 3.05) is 33.4 Å². The van der Waals surface area contributed by atoms with Crippen LogP contribution in [0.4, 0.5) is 0 Å². The Morgan fingerprint density at radius 1 is 1.17 bits per heavy atom. The van der Waals surface area contributed by atoms with Gasteiger partial charge in [0.05, 0.1) is 6.61 Å². The Labute approximate surface area is 112 Å². The Balaban J connectivity index is 1.81. The van der Waals surface area contributed by atoms with E-state index in [1.807, 2.05) is 0 Å². The Morgan fingerprint density at radius 3 is 2.56 bits per heavy atom. The molecule has 2 atom stereocenters. The first-order valence-corrected chi connectivity index (χ1v) is 7.79. The van der Waals surface area contributed by atoms with Crippen LogP contribution in [0.1, 0.15) is 44.9 Å². The molecule has 0 aromatic carbocycles. The zero-order valence-electron chi connectivity index (χ0n) is 11.9. The van der Waals surface area contributed by atoms with Gasteiger partial charge in [-0.3, -0.25) is 0 Å². The van der Waals surface area contributed by atoms with Crippen molar-refractivity contribution < 1.29 is 4.74 Å². The highest BCUT2D eigenvalue weighted by Crippen LogP contribution is 2.26. The van der Waals surface area contributed by atoms with Gasteiger partial charge in [0.15, 0.2) is 0 Å². The summed E-state index contributed by atoms with van der Waals surface area (Å²) in [7, 11) is 2.26. The zero-order chi connectivity index (χ0) is 12.8. The molecule has 0 amide bonds. The molecule has 2 unspecified atom stereocenters. The Bertz CT molecular complexity index is 223. The molecule has 1 saturated carbocycles. The molecule has 1 aliphatic heterocycles. The summed E-state index contributed by atoms with van der Waals surface area (Å²) >= 11 is 0. The lowest BCUT2D eigenvalue weighted by Crippen LogP contribution is -2.47. The van der Waals surface area contributed by atoms with Crippen LogP contribution in [0.3, 0.4) is 0 Å². The van der Waals surface area contributed by atoms with Crippen molar-refractivity contribution >= 4 is 0 Å². The minimum absolute atomic E-state index is 0.521. The number of nitrogens with zero attached hydrogens (tertiary/aromatic N) is 1. The quantitative estimate of drug-likeness (QED) is 0.818. The topological polar surface area (TPSA) is 38.5 Å². The third-order valence-corrected chi connectivity index (χ3v) is 4.82. The summed E-state index contributed by atoms with van der Waals surface area (Å²) in [6, 6.07) is 0.521. The summed E-state index contributed by atoms with van der Waals surface area (Å²) in [6.07, 6.45) is 9.63. The van der Waals surface area contributed by atoms with E-state index in [1.165, 1.54) is 51.5 Å². The highest BCUT2D eigenvalue weighted by molar-refractivity contribution is 4.82. The van der Waals surface area contributed by atoms with E-state index in [0.717, 1.165) is 25.7 Å². The third kappa shape index (κ3) is 3.94. The van der Waals surface area contributed by atoms with Gasteiger partial charge in [-0.2, -0.15) is 0 Å². The van der Waals surface area contributed by atoms with Crippen LogP contribution in [0, 0.1) is 11.8 Å². The van der Waals surface area contributed by atoms with Gasteiger partial charge in [-0.1, -0.05) is 19.3 Å². The fraction of sp³-hybridized carbons (Fsp3) is 1.00. The molecular weight excluding hydrogens is 224 g/mol. The molecule has 0 aromatic rings. The van der Waals surface area contributed by atoms with E-state index in [-0.39, 0.29) is 0 Å². The molecule has 0 radical (unpaired) electrons. The Kier molecular flexibility index (Phi) is 5.93. The molecule has 3 nitrogen and oxygen atoms in total. The highest BCUT2D eigenvalue weighted by Gasteiger charge is 2.28. The van der Waals surface area contributed by atoms with E-state index in [1.54, 1.807) is 0 Å². The number of hydrogen-bond donors (Lipinski definition) is 1. The number of ether oxygens (including phenoxy) is 1. The van der Waals surface area contributed by atoms with Gasteiger partial charge in [0.25, 0.3) is 0 Å². The summed E-state index contributed by atoms with van der Waals surface area (Å²) in [4.78, 5) is 2.52. The SMILES string of the molecule is CN(CC1CCCCC1)C(CN)C1CCCOC1. The lowest BCUT2D eigenvalue weighted by Gasteiger charge is -2.38. The fourth-order valence-corrected chi connectivity index (χ4v) is 3.71. The predicted molar refractivity (Wildman–Crippen MR) is 75.6 cm³/mol. The molecule has 1 heterocycles. The number of rotatable bonds is 5. The van der Waals surface area contributed by atoms with Gasteiger partial charge in [0, 0.05) is 25.7 Å². The average Bonchev–Trinajstić information content (AvgIpc) is 2.42. The van der Waals surface area contributed by atoms with Crippen molar-refractivity contribution in [3.8, 4) is 0 Å². The molecule has 2 rings (SSSR count). The summed E-state index contributed by atoms with van der Waals surface area (Å²) in [6.45, 7) is 3.87. The standard InChI is InChI=1S/C15H30N2O/c1-17(11-13-6-3-2-4-7-13)15(10-16)14-8-5-9-18-12-14/h13-15H,2-12,16H2,1H3. The van der Waals surface area contributed by atoms with Crippen LogP contribution in [0.2, 0.25) is 0 Å². The molecule has 2 fully saturated rings. The largest absolute Gasteiger partial charge is 0.381 e. The van der Waals surface area contributed by atoms with Gasteiger partial charge < -0.3 is 15.4 Å². The minimum Gasteiger partial charge on any atom is -0.381 e. The second-order valence-corrected chi connectivity index (χ2v) is 6.22. The molecule has 18 heavy (non-hydrogen) atoms. The summed E-state index contributed by atoms with van der Waals surface area (Å²) < 4.78 is 5.62. The van der Waals surface area contributed by atoms with Gasteiger partial charge in [-0.05, 0) is 44.6 Å². The van der Waals surface area contributed by atoms with E-state index in [2.05, 4.69) is 11.9 Å². The van der Waals surface area contributed by atoms with E-state index < -0.39 is 0 Å². The number of hydrogen-bond acceptors (Lipinski definition) is 3. The van der Waals surface area contributed by atoms with E-state index in [4.69, 9.17) is 10.5 Å². The molecular formula is C15H30N2O. The minimum atomic E-state index is 0.521. The van der Waals surface area contributed by atoms with Crippen molar-refractivity contribution in [1.82, 2.24) is 4.90 Å². The first-order valence-electron chi connectivity index (χ1n) is 7.79. The van der Waals surface area contributed by atoms with Crippen molar-refractivity contribution in [3.63, 3.8) is 0 Å². The van der Waals surface area contributed by atoms with Crippen LogP contribution in [-0.4, -0.2) is 44.3 Å². The second kappa shape index (κ2) is 7.46. The van der Waals surface area contributed by atoms with Crippen molar-refractivity contribution in [2.45, 2.75) is 51.0 Å². The molecule has 1 saturated heterocycles. The predicted octanol–water partition coefficient (Wildman–Crippen LogP) is 2.25. The first kappa shape index (κ1) is 14.3. The van der Waals surface area contributed by atoms with Crippen LogP contribution in [-0.2, 0) is 4.74 Å². The molecule has 2 N–H and O–H groups in total. The zero-order valence-corrected chi connectivity index (χ0v) is 11.9. The Morgan fingerprint density at radius 2 is 1.94 bits per heavy atom. The fourth-order valence-electron chi connectivity index (χ4n) is 3.71. The van der Waals surface area contributed by atoms with Crippen LogP contribution in [0.15, 0.2) is 0 Å². The molecule has 2 aliphatic rings. The van der Waals surface area contributed by atoms with Crippen LogP contribution >= 0.6 is 0 Å². The van der Waals surface area contributed by atoms with Crippen molar-refractivity contribution in [3.05, 3.63) is 0 Å². The lowest BCUT2D eigenvalue weighted by atomic mass is 9.87. The monoisotopic (exact) mass is 254 g/mol. The van der Waals surface area contributed by atoms with E-state index >= 15 is 0 Å². The smallest absolute Gasteiger partial charge is 0.0509 e. The maximum absolute atomic E-state index is 6.01. The first-order chi connectivity index (χ1) is 8.81. The van der Waals surface area contributed by atoms with Crippen LogP contribution in [0.25, 0.3) is 0 Å². The molecule has 106 valence electrons. The lowest BCUT2D eigenvalue weighted by molar-refractivity contribution is 0.0130. The number of likely N-dealkylation sites (N-methyl/N-ethyl adjacent to an activating group) is 1. The third-order valence-electron chi connectivity index (χ3n) is 4.82. The van der Waals surface area contributed by atoms with E-state index in [9.17, 15) is 0 Å². The maximum atomic E-state index is 6.01. The summed E-state index contributed by atoms with van der Waals surface area (Å²) in [5.41, 5.74) is 6.01. The number of nitrogens with two attached hydrogens (primary N) is 1. The molecule has 0 spiro atoms. The van der Waals surface area contributed by atoms with Crippen molar-refractivity contribution in [2.24, 2.45) is 17.6 Å². The summed E-state index contributed by atoms with van der Waals surface area (Å²) in [5.74, 6) is 1.56. The maximum Gasteiger partial charge on any atom is 0.0509 e. The molecule has 1 aliphatic carbocycles. The molecule has 0 aromatic heterocycles. The van der Waals surface area contributed by atoms with E-state index in [0.29, 0.717) is 12.0 Å². The average molecular weight is 254 g/mol. The highest BCUT2D eigenvalue weighted by atomic mass is 16.5. The van der Waals surface area contributed by atoms with Gasteiger partial charge in [0.2, 0.25) is 0 Å². The molecule has 3 heteroatoms. The van der Waals surface area contributed by atoms with Gasteiger partial charge in [-0.15, -0.1) is 0 Å². The Hall–Kier alpha value is -0.120.